The topological polar surface area (TPSA) is 48.0 Å². The highest BCUT2D eigenvalue weighted by Gasteiger charge is 2.29. The summed E-state index contributed by atoms with van der Waals surface area (Å²) in [7, 11) is 0. The molecule has 1 saturated carbocycles. The summed E-state index contributed by atoms with van der Waals surface area (Å²) in [6, 6.07) is 20.4. The van der Waals surface area contributed by atoms with E-state index in [1.807, 2.05) is 43.3 Å². The molecule has 0 atom stereocenters. The second kappa shape index (κ2) is 6.25. The fourth-order valence-corrected chi connectivity index (χ4v) is 3.61. The quantitative estimate of drug-likeness (QED) is 0.728. The molecule has 2 N–H and O–H groups in total. The van der Waals surface area contributed by atoms with Gasteiger partial charge in [-0.15, -0.1) is 0 Å². The molecule has 0 aliphatic heterocycles. The lowest BCUT2D eigenvalue weighted by molar-refractivity contribution is 0.1000. The van der Waals surface area contributed by atoms with Gasteiger partial charge in [0.25, 0.3) is 5.91 Å². The van der Waals surface area contributed by atoms with Gasteiger partial charge in [0.1, 0.15) is 0 Å². The lowest BCUT2D eigenvalue weighted by Gasteiger charge is -2.13. The third-order valence-electron chi connectivity index (χ3n) is 5.02. The number of benzene rings is 2. The third kappa shape index (κ3) is 2.86. The molecule has 1 heterocycles. The molecule has 1 aliphatic carbocycles. The molecule has 4 rings (SSSR count). The summed E-state index contributed by atoms with van der Waals surface area (Å²) in [6.07, 6.45) is 2.52. The molecule has 3 aromatic rings. The van der Waals surface area contributed by atoms with Crippen molar-refractivity contribution < 1.29 is 4.79 Å². The second-order valence-corrected chi connectivity index (χ2v) is 6.83. The molecule has 1 amide bonds. The summed E-state index contributed by atoms with van der Waals surface area (Å²) in [5.74, 6) is 0.348. The Kier molecular flexibility index (Phi) is 3.92. The van der Waals surface area contributed by atoms with Crippen molar-refractivity contribution in [1.29, 1.82) is 0 Å². The van der Waals surface area contributed by atoms with Crippen LogP contribution in [0.1, 0.15) is 28.9 Å². The standard InChI is InChI=1S/C22H22N2O/c1-15-19(22(23)25)20(17-8-4-2-5-9-17)21(18-10-6-3-7-11-18)24(15)14-16-12-13-16/h2-11,16H,12-14H2,1H3,(H2,23,25). The SMILES string of the molecule is Cc1c(C(N)=O)c(-c2ccccc2)c(-c2ccccc2)n1CC1CC1. The van der Waals surface area contributed by atoms with Crippen molar-refractivity contribution in [2.45, 2.75) is 26.3 Å². The predicted molar refractivity (Wildman–Crippen MR) is 101 cm³/mol. The van der Waals surface area contributed by atoms with Crippen molar-refractivity contribution in [3.8, 4) is 22.4 Å². The summed E-state index contributed by atoms with van der Waals surface area (Å²) in [5, 5.41) is 0. The number of aromatic nitrogens is 1. The van der Waals surface area contributed by atoms with Crippen LogP contribution in [0.25, 0.3) is 22.4 Å². The van der Waals surface area contributed by atoms with Gasteiger partial charge in [-0.3, -0.25) is 4.79 Å². The summed E-state index contributed by atoms with van der Waals surface area (Å²) in [6.45, 7) is 2.96. The van der Waals surface area contributed by atoms with E-state index in [2.05, 4.69) is 28.8 Å². The Bertz CT molecular complexity index is 906. The Hall–Kier alpha value is -2.81. The van der Waals surface area contributed by atoms with Crippen molar-refractivity contribution in [3.05, 3.63) is 71.9 Å². The zero-order valence-corrected chi connectivity index (χ0v) is 14.4. The van der Waals surface area contributed by atoms with Crippen LogP contribution in [-0.4, -0.2) is 10.5 Å². The highest BCUT2D eigenvalue weighted by Crippen LogP contribution is 2.41. The van der Waals surface area contributed by atoms with Gasteiger partial charge in [0, 0.05) is 17.8 Å². The van der Waals surface area contributed by atoms with Crippen LogP contribution in [0.3, 0.4) is 0 Å². The first-order chi connectivity index (χ1) is 12.2. The van der Waals surface area contributed by atoms with Gasteiger partial charge >= 0.3 is 0 Å². The van der Waals surface area contributed by atoms with Crippen molar-refractivity contribution in [3.63, 3.8) is 0 Å². The van der Waals surface area contributed by atoms with Crippen LogP contribution >= 0.6 is 0 Å². The Labute approximate surface area is 148 Å². The number of hydrogen-bond donors (Lipinski definition) is 1. The lowest BCUT2D eigenvalue weighted by atomic mass is 9.96. The van der Waals surface area contributed by atoms with Crippen LogP contribution in [0.15, 0.2) is 60.7 Å². The normalized spacial score (nSPS) is 13.8. The van der Waals surface area contributed by atoms with Crippen molar-refractivity contribution >= 4 is 5.91 Å². The minimum Gasteiger partial charge on any atom is -0.366 e. The van der Waals surface area contributed by atoms with Crippen molar-refractivity contribution in [1.82, 2.24) is 4.57 Å². The fraction of sp³-hybridized carbons (Fsp3) is 0.227. The number of amides is 1. The Morgan fingerprint density at radius 3 is 2.08 bits per heavy atom. The van der Waals surface area contributed by atoms with Crippen LogP contribution in [0.5, 0.6) is 0 Å². The number of nitrogens with zero attached hydrogens (tertiary/aromatic N) is 1. The summed E-state index contributed by atoms with van der Waals surface area (Å²) in [5.41, 5.74) is 11.6. The molecule has 0 spiro atoms. The van der Waals surface area contributed by atoms with Gasteiger partial charge in [-0.2, -0.15) is 0 Å². The van der Waals surface area contributed by atoms with E-state index in [1.165, 1.54) is 12.8 Å². The first-order valence-electron chi connectivity index (χ1n) is 8.80. The Morgan fingerprint density at radius 1 is 1.00 bits per heavy atom. The summed E-state index contributed by atoms with van der Waals surface area (Å²) < 4.78 is 2.30. The molecular formula is C22H22N2O. The minimum atomic E-state index is -0.358. The Morgan fingerprint density at radius 2 is 1.56 bits per heavy atom. The van der Waals surface area contributed by atoms with Crippen LogP contribution in [0, 0.1) is 12.8 Å². The Balaban J connectivity index is 2.04. The zero-order chi connectivity index (χ0) is 17.4. The van der Waals surface area contributed by atoms with Gasteiger partial charge in [0.2, 0.25) is 0 Å². The molecule has 1 aliphatic rings. The molecule has 126 valence electrons. The average molecular weight is 330 g/mol. The molecule has 1 fully saturated rings. The van der Waals surface area contributed by atoms with Gasteiger partial charge in [-0.1, -0.05) is 60.7 Å². The maximum Gasteiger partial charge on any atom is 0.251 e. The van der Waals surface area contributed by atoms with Crippen molar-refractivity contribution in [2.24, 2.45) is 11.7 Å². The van der Waals surface area contributed by atoms with Gasteiger partial charge in [-0.25, -0.2) is 0 Å². The molecule has 0 radical (unpaired) electrons. The number of carbonyl (C=O) groups is 1. The van der Waals surface area contributed by atoms with Crippen LogP contribution in [-0.2, 0) is 6.54 Å². The largest absolute Gasteiger partial charge is 0.366 e. The molecule has 1 aromatic heterocycles. The lowest BCUT2D eigenvalue weighted by Crippen LogP contribution is -2.13. The van der Waals surface area contributed by atoms with E-state index in [4.69, 9.17) is 5.73 Å². The monoisotopic (exact) mass is 330 g/mol. The highest BCUT2D eigenvalue weighted by molar-refractivity contribution is 6.05. The van der Waals surface area contributed by atoms with Crippen LogP contribution < -0.4 is 5.73 Å². The number of carbonyl (C=O) groups excluding carboxylic acids is 1. The van der Waals surface area contributed by atoms with E-state index in [0.717, 1.165) is 34.6 Å². The van der Waals surface area contributed by atoms with E-state index in [9.17, 15) is 4.79 Å². The fourth-order valence-electron chi connectivity index (χ4n) is 3.61. The third-order valence-corrected chi connectivity index (χ3v) is 5.02. The van der Waals surface area contributed by atoms with E-state index >= 15 is 0 Å². The first kappa shape index (κ1) is 15.7. The smallest absolute Gasteiger partial charge is 0.251 e. The number of hydrogen-bond acceptors (Lipinski definition) is 1. The number of nitrogens with two attached hydrogens (primary N) is 1. The highest BCUT2D eigenvalue weighted by atomic mass is 16.1. The van der Waals surface area contributed by atoms with Gasteiger partial charge in [0.15, 0.2) is 0 Å². The van der Waals surface area contributed by atoms with E-state index in [0.29, 0.717) is 11.5 Å². The molecule has 0 unspecified atom stereocenters. The molecule has 0 saturated heterocycles. The van der Waals surface area contributed by atoms with Crippen LogP contribution in [0.4, 0.5) is 0 Å². The van der Waals surface area contributed by atoms with E-state index in [-0.39, 0.29) is 5.91 Å². The predicted octanol–water partition coefficient (Wildman–Crippen LogP) is 4.64. The second-order valence-electron chi connectivity index (χ2n) is 6.83. The van der Waals surface area contributed by atoms with E-state index < -0.39 is 0 Å². The number of rotatable bonds is 5. The molecule has 2 aromatic carbocycles. The van der Waals surface area contributed by atoms with Crippen LogP contribution in [0.2, 0.25) is 0 Å². The molecule has 0 bridgehead atoms. The minimum absolute atomic E-state index is 0.358. The maximum atomic E-state index is 12.3. The molecule has 25 heavy (non-hydrogen) atoms. The number of primary amides is 1. The maximum absolute atomic E-state index is 12.3. The van der Waals surface area contributed by atoms with E-state index in [1.54, 1.807) is 0 Å². The first-order valence-corrected chi connectivity index (χ1v) is 8.80. The summed E-state index contributed by atoms with van der Waals surface area (Å²) in [4.78, 5) is 12.3. The van der Waals surface area contributed by atoms with Gasteiger partial charge in [-0.05, 0) is 36.8 Å². The zero-order valence-electron chi connectivity index (χ0n) is 14.4. The molecule has 3 nitrogen and oxygen atoms in total. The van der Waals surface area contributed by atoms with Gasteiger partial charge in [0.05, 0.1) is 11.3 Å². The van der Waals surface area contributed by atoms with Gasteiger partial charge < -0.3 is 10.3 Å². The molecular weight excluding hydrogens is 308 g/mol. The van der Waals surface area contributed by atoms with Crippen molar-refractivity contribution in [2.75, 3.05) is 0 Å². The molecule has 3 heteroatoms. The average Bonchev–Trinajstić information content (AvgIpc) is 3.40. The summed E-state index contributed by atoms with van der Waals surface area (Å²) >= 11 is 0.